The SMILES string of the molecule is CC(=O)N1c2ccc(S(=O)(=O)NCc3cccn3Cc3ccccc3C)cc2C[C@H]1C. The van der Waals surface area contributed by atoms with E-state index < -0.39 is 10.0 Å². The van der Waals surface area contributed by atoms with Crippen LogP contribution in [0.1, 0.15) is 36.2 Å². The summed E-state index contributed by atoms with van der Waals surface area (Å²) in [6.07, 6.45) is 2.61. The number of amides is 1. The second-order valence-corrected chi connectivity index (χ2v) is 9.88. The molecule has 0 fully saturated rings. The quantitative estimate of drug-likeness (QED) is 0.640. The molecule has 1 aliphatic rings. The molecular formula is C24H27N3O3S. The maximum Gasteiger partial charge on any atom is 0.240 e. The summed E-state index contributed by atoms with van der Waals surface area (Å²) in [4.78, 5) is 13.9. The van der Waals surface area contributed by atoms with Crippen molar-refractivity contribution < 1.29 is 13.2 Å². The Hall–Kier alpha value is -2.90. The highest BCUT2D eigenvalue weighted by molar-refractivity contribution is 7.89. The fraction of sp³-hybridized carbons (Fsp3) is 0.292. The van der Waals surface area contributed by atoms with Crippen LogP contribution < -0.4 is 9.62 Å². The minimum atomic E-state index is -3.68. The lowest BCUT2D eigenvalue weighted by atomic mass is 10.1. The van der Waals surface area contributed by atoms with Crippen molar-refractivity contribution in [2.75, 3.05) is 4.90 Å². The standard InChI is InChI=1S/C24H27N3O3S/c1-17-7-4-5-8-20(17)16-26-12-6-9-22(26)15-25-31(29,30)23-10-11-24-21(14-23)13-18(2)27(24)19(3)28/h4-12,14,18,25H,13,15-16H2,1-3H3/t18-/m1/s1. The van der Waals surface area contributed by atoms with E-state index in [0.717, 1.165) is 16.9 Å². The van der Waals surface area contributed by atoms with Crippen molar-refractivity contribution >= 4 is 21.6 Å². The van der Waals surface area contributed by atoms with Crippen LogP contribution >= 0.6 is 0 Å². The average molecular weight is 438 g/mol. The molecule has 3 aromatic rings. The van der Waals surface area contributed by atoms with Crippen LogP contribution in [0.15, 0.2) is 65.7 Å². The van der Waals surface area contributed by atoms with Crippen molar-refractivity contribution in [3.63, 3.8) is 0 Å². The fourth-order valence-corrected chi connectivity index (χ4v) is 5.29. The molecule has 0 saturated carbocycles. The van der Waals surface area contributed by atoms with Crippen LogP contribution in [-0.4, -0.2) is 24.9 Å². The van der Waals surface area contributed by atoms with Gasteiger partial charge in [0, 0.05) is 37.1 Å². The number of nitrogens with one attached hydrogen (secondary N) is 1. The van der Waals surface area contributed by atoms with Gasteiger partial charge < -0.3 is 9.47 Å². The van der Waals surface area contributed by atoms with E-state index in [2.05, 4.69) is 28.3 Å². The van der Waals surface area contributed by atoms with Gasteiger partial charge >= 0.3 is 0 Å². The highest BCUT2D eigenvalue weighted by Crippen LogP contribution is 2.33. The van der Waals surface area contributed by atoms with E-state index in [1.165, 1.54) is 18.1 Å². The van der Waals surface area contributed by atoms with Crippen LogP contribution in [-0.2, 0) is 34.3 Å². The van der Waals surface area contributed by atoms with Crippen LogP contribution in [0.5, 0.6) is 0 Å². The first-order chi connectivity index (χ1) is 14.8. The average Bonchev–Trinajstić information content (AvgIpc) is 3.30. The van der Waals surface area contributed by atoms with Crippen LogP contribution in [0.25, 0.3) is 0 Å². The molecule has 0 spiro atoms. The van der Waals surface area contributed by atoms with Crippen LogP contribution in [0.2, 0.25) is 0 Å². The number of sulfonamides is 1. The molecule has 6 nitrogen and oxygen atoms in total. The molecule has 1 N–H and O–H groups in total. The normalized spacial score (nSPS) is 15.8. The Labute approximate surface area is 183 Å². The molecule has 1 amide bonds. The van der Waals surface area contributed by atoms with Crippen molar-refractivity contribution in [3.05, 3.63) is 83.2 Å². The van der Waals surface area contributed by atoms with Gasteiger partial charge in [0.25, 0.3) is 0 Å². The molecule has 7 heteroatoms. The van der Waals surface area contributed by atoms with E-state index in [-0.39, 0.29) is 23.4 Å². The second kappa shape index (κ2) is 8.32. The molecule has 0 saturated heterocycles. The third kappa shape index (κ3) is 4.29. The summed E-state index contributed by atoms with van der Waals surface area (Å²) in [6, 6.07) is 17.0. The zero-order chi connectivity index (χ0) is 22.2. The van der Waals surface area contributed by atoms with Gasteiger partial charge in [-0.25, -0.2) is 13.1 Å². The number of hydrogen-bond donors (Lipinski definition) is 1. The summed E-state index contributed by atoms with van der Waals surface area (Å²) >= 11 is 0. The van der Waals surface area contributed by atoms with Gasteiger partial charge in [-0.1, -0.05) is 24.3 Å². The van der Waals surface area contributed by atoms with Crippen LogP contribution in [0.3, 0.4) is 0 Å². The van der Waals surface area contributed by atoms with Gasteiger partial charge in [-0.15, -0.1) is 0 Å². The minimum Gasteiger partial charge on any atom is -0.346 e. The number of hydrogen-bond acceptors (Lipinski definition) is 3. The molecule has 0 unspecified atom stereocenters. The molecular weight excluding hydrogens is 410 g/mol. The summed E-state index contributed by atoms with van der Waals surface area (Å²) in [5, 5.41) is 0. The summed E-state index contributed by atoms with van der Waals surface area (Å²) in [7, 11) is -3.68. The number of benzene rings is 2. The Morgan fingerprint density at radius 2 is 1.90 bits per heavy atom. The lowest BCUT2D eigenvalue weighted by molar-refractivity contribution is -0.116. The lowest BCUT2D eigenvalue weighted by Crippen LogP contribution is -2.33. The van der Waals surface area contributed by atoms with E-state index in [9.17, 15) is 13.2 Å². The van der Waals surface area contributed by atoms with Crippen molar-refractivity contribution in [3.8, 4) is 0 Å². The Morgan fingerprint density at radius 1 is 1.13 bits per heavy atom. The number of carbonyl (C=O) groups is 1. The third-order valence-corrected chi connectivity index (χ3v) is 7.28. The smallest absolute Gasteiger partial charge is 0.240 e. The predicted molar refractivity (Wildman–Crippen MR) is 122 cm³/mol. The van der Waals surface area contributed by atoms with Crippen molar-refractivity contribution in [1.29, 1.82) is 0 Å². The Morgan fingerprint density at radius 3 is 2.65 bits per heavy atom. The van der Waals surface area contributed by atoms with E-state index in [4.69, 9.17) is 0 Å². The van der Waals surface area contributed by atoms with Gasteiger partial charge in [-0.05, 0) is 67.3 Å². The van der Waals surface area contributed by atoms with E-state index in [1.54, 1.807) is 23.1 Å². The molecule has 1 aromatic heterocycles. The summed E-state index contributed by atoms with van der Waals surface area (Å²) in [6.45, 7) is 6.46. The molecule has 4 rings (SSSR count). The Kier molecular flexibility index (Phi) is 5.73. The highest BCUT2D eigenvalue weighted by Gasteiger charge is 2.30. The summed E-state index contributed by atoms with van der Waals surface area (Å²) in [5.41, 5.74) is 4.98. The molecule has 1 atom stereocenters. The third-order valence-electron chi connectivity index (χ3n) is 5.88. The number of fused-ring (bicyclic) bond motifs is 1. The van der Waals surface area contributed by atoms with E-state index in [1.807, 2.05) is 37.4 Å². The number of nitrogens with zero attached hydrogens (tertiary/aromatic N) is 2. The van der Waals surface area contributed by atoms with Crippen molar-refractivity contribution in [2.24, 2.45) is 0 Å². The van der Waals surface area contributed by atoms with Gasteiger partial charge in [-0.3, -0.25) is 4.79 Å². The highest BCUT2D eigenvalue weighted by atomic mass is 32.2. The van der Waals surface area contributed by atoms with E-state index >= 15 is 0 Å². The summed E-state index contributed by atoms with van der Waals surface area (Å²) < 4.78 is 30.7. The maximum atomic E-state index is 12.9. The van der Waals surface area contributed by atoms with Gasteiger partial charge in [0.15, 0.2) is 0 Å². The van der Waals surface area contributed by atoms with Gasteiger partial charge in [0.2, 0.25) is 15.9 Å². The number of anilines is 1. The number of carbonyl (C=O) groups excluding carboxylic acids is 1. The maximum absolute atomic E-state index is 12.9. The molecule has 1 aliphatic heterocycles. The van der Waals surface area contributed by atoms with Gasteiger partial charge in [0.1, 0.15) is 0 Å². The molecule has 0 bridgehead atoms. The molecule has 162 valence electrons. The van der Waals surface area contributed by atoms with Crippen molar-refractivity contribution in [1.82, 2.24) is 9.29 Å². The zero-order valence-electron chi connectivity index (χ0n) is 18.0. The molecule has 0 aliphatic carbocycles. The van der Waals surface area contributed by atoms with Gasteiger partial charge in [0.05, 0.1) is 11.4 Å². The molecule has 31 heavy (non-hydrogen) atoms. The minimum absolute atomic E-state index is 0.0307. The lowest BCUT2D eigenvalue weighted by Gasteiger charge is -2.20. The number of aryl methyl sites for hydroxylation is 1. The topological polar surface area (TPSA) is 71.4 Å². The molecule has 2 aromatic carbocycles. The largest absolute Gasteiger partial charge is 0.346 e. The van der Waals surface area contributed by atoms with Crippen molar-refractivity contribution in [2.45, 2.75) is 51.2 Å². The first-order valence-electron chi connectivity index (χ1n) is 10.4. The Balaban J connectivity index is 1.50. The van der Waals surface area contributed by atoms with Crippen LogP contribution in [0, 0.1) is 6.92 Å². The molecule has 2 heterocycles. The monoisotopic (exact) mass is 437 g/mol. The first kappa shape index (κ1) is 21.3. The number of aromatic nitrogens is 1. The molecule has 0 radical (unpaired) electrons. The summed E-state index contributed by atoms with van der Waals surface area (Å²) in [5.74, 6) is -0.0330. The van der Waals surface area contributed by atoms with E-state index in [0.29, 0.717) is 13.0 Å². The van der Waals surface area contributed by atoms with Crippen LogP contribution in [0.4, 0.5) is 5.69 Å². The number of rotatable bonds is 6. The predicted octanol–water partition coefficient (Wildman–Crippen LogP) is 3.62. The first-order valence-corrected chi connectivity index (χ1v) is 11.9. The second-order valence-electron chi connectivity index (χ2n) is 8.11. The Bertz CT molecular complexity index is 1230. The fourth-order valence-electron chi connectivity index (χ4n) is 4.24. The van der Waals surface area contributed by atoms with Gasteiger partial charge in [-0.2, -0.15) is 0 Å². The zero-order valence-corrected chi connectivity index (χ0v) is 18.8.